The zero-order valence-electron chi connectivity index (χ0n) is 10.5. The Morgan fingerprint density at radius 2 is 2.33 bits per heavy atom. The van der Waals surface area contributed by atoms with Crippen LogP contribution in [0.3, 0.4) is 0 Å². The van der Waals surface area contributed by atoms with Gasteiger partial charge < -0.3 is 10.0 Å². The molecule has 0 spiro atoms. The molecule has 1 aromatic carbocycles. The van der Waals surface area contributed by atoms with Crippen LogP contribution in [0, 0.1) is 23.0 Å². The van der Waals surface area contributed by atoms with E-state index >= 15 is 0 Å². The highest BCUT2D eigenvalue weighted by Gasteiger charge is 2.23. The molecule has 2 rings (SSSR count). The average molecular weight is 250 g/mol. The van der Waals surface area contributed by atoms with Crippen molar-refractivity contribution in [3.63, 3.8) is 0 Å². The molecule has 0 radical (unpaired) electrons. The summed E-state index contributed by atoms with van der Waals surface area (Å²) in [5, 5.41) is 19.7. The Hall–Kier alpha value is -1.62. The van der Waals surface area contributed by atoms with Crippen molar-refractivity contribution in [1.29, 1.82) is 0 Å². The van der Waals surface area contributed by atoms with Gasteiger partial charge in [0, 0.05) is 37.0 Å². The molecule has 0 unspecified atom stereocenters. The van der Waals surface area contributed by atoms with Crippen LogP contribution < -0.4 is 4.90 Å². The zero-order valence-corrected chi connectivity index (χ0v) is 10.5. The maximum Gasteiger partial charge on any atom is 0.272 e. The number of aliphatic hydroxyl groups is 1. The summed E-state index contributed by atoms with van der Waals surface area (Å²) in [5.41, 5.74) is 1.91. The molecule has 0 aromatic heterocycles. The number of benzene rings is 1. The highest BCUT2D eigenvalue weighted by Crippen LogP contribution is 2.29. The SMILES string of the molecule is Cc1cc(N2CC[C@@H](CCO)C2)ccc1[N+](=O)[O-]. The fraction of sp³-hybridized carbons (Fsp3) is 0.538. The number of nitro groups is 1. The van der Waals surface area contributed by atoms with E-state index in [9.17, 15) is 10.1 Å². The van der Waals surface area contributed by atoms with Crippen LogP contribution in [0.15, 0.2) is 18.2 Å². The third-order valence-electron chi connectivity index (χ3n) is 3.57. The minimum Gasteiger partial charge on any atom is -0.396 e. The van der Waals surface area contributed by atoms with Crippen LogP contribution >= 0.6 is 0 Å². The Morgan fingerprint density at radius 3 is 2.94 bits per heavy atom. The smallest absolute Gasteiger partial charge is 0.272 e. The van der Waals surface area contributed by atoms with Crippen LogP contribution in [0.25, 0.3) is 0 Å². The second kappa shape index (κ2) is 5.35. The molecule has 98 valence electrons. The molecule has 5 nitrogen and oxygen atoms in total. The average Bonchev–Trinajstić information content (AvgIpc) is 2.77. The van der Waals surface area contributed by atoms with Crippen molar-refractivity contribution in [3.05, 3.63) is 33.9 Å². The summed E-state index contributed by atoms with van der Waals surface area (Å²) < 4.78 is 0. The van der Waals surface area contributed by atoms with E-state index in [1.807, 2.05) is 12.1 Å². The van der Waals surface area contributed by atoms with E-state index in [0.717, 1.165) is 31.6 Å². The minimum atomic E-state index is -0.350. The maximum absolute atomic E-state index is 10.8. The van der Waals surface area contributed by atoms with Gasteiger partial charge in [0.1, 0.15) is 0 Å². The van der Waals surface area contributed by atoms with Crippen LogP contribution in [0.2, 0.25) is 0 Å². The highest BCUT2D eigenvalue weighted by atomic mass is 16.6. The molecule has 5 heteroatoms. The van der Waals surface area contributed by atoms with Gasteiger partial charge in [-0.2, -0.15) is 0 Å². The lowest BCUT2D eigenvalue weighted by molar-refractivity contribution is -0.385. The van der Waals surface area contributed by atoms with Crippen molar-refractivity contribution in [3.8, 4) is 0 Å². The van der Waals surface area contributed by atoms with Crippen molar-refractivity contribution in [2.45, 2.75) is 19.8 Å². The van der Waals surface area contributed by atoms with Gasteiger partial charge in [0.2, 0.25) is 0 Å². The van der Waals surface area contributed by atoms with E-state index in [-0.39, 0.29) is 17.2 Å². The van der Waals surface area contributed by atoms with Crippen LogP contribution in [0.5, 0.6) is 0 Å². The number of aliphatic hydroxyl groups excluding tert-OH is 1. The first-order valence-electron chi connectivity index (χ1n) is 6.22. The molecule has 1 aromatic rings. The number of aryl methyl sites for hydroxylation is 1. The van der Waals surface area contributed by atoms with Gasteiger partial charge in [0.05, 0.1) is 4.92 Å². The predicted molar refractivity (Wildman–Crippen MR) is 69.9 cm³/mol. The summed E-state index contributed by atoms with van der Waals surface area (Å²) in [7, 11) is 0. The Kier molecular flexibility index (Phi) is 3.81. The first kappa shape index (κ1) is 12.8. The van der Waals surface area contributed by atoms with Gasteiger partial charge in [0.25, 0.3) is 5.69 Å². The topological polar surface area (TPSA) is 66.6 Å². The Morgan fingerprint density at radius 1 is 1.56 bits per heavy atom. The van der Waals surface area contributed by atoms with E-state index in [2.05, 4.69) is 4.90 Å². The van der Waals surface area contributed by atoms with E-state index in [1.165, 1.54) is 0 Å². The zero-order chi connectivity index (χ0) is 13.1. The molecule has 1 atom stereocenters. The van der Waals surface area contributed by atoms with Gasteiger partial charge in [0.15, 0.2) is 0 Å². The Balaban J connectivity index is 2.11. The molecular weight excluding hydrogens is 232 g/mol. The lowest BCUT2D eigenvalue weighted by atomic mass is 10.1. The normalized spacial score (nSPS) is 19.2. The first-order valence-corrected chi connectivity index (χ1v) is 6.22. The van der Waals surface area contributed by atoms with Crippen molar-refractivity contribution >= 4 is 11.4 Å². The standard InChI is InChI=1S/C13H18N2O3/c1-10-8-12(2-3-13(10)15(17)18)14-6-4-11(9-14)5-7-16/h2-3,8,11,16H,4-7,9H2,1H3/t11-/m0/s1. The molecule has 1 aliphatic rings. The van der Waals surface area contributed by atoms with Gasteiger partial charge in [-0.25, -0.2) is 0 Å². The summed E-state index contributed by atoms with van der Waals surface area (Å²) >= 11 is 0. The summed E-state index contributed by atoms with van der Waals surface area (Å²) in [5.74, 6) is 0.533. The fourth-order valence-electron chi connectivity index (χ4n) is 2.53. The molecule has 1 saturated heterocycles. The van der Waals surface area contributed by atoms with E-state index in [0.29, 0.717) is 11.5 Å². The third kappa shape index (κ3) is 2.61. The van der Waals surface area contributed by atoms with Crippen molar-refractivity contribution in [2.75, 3.05) is 24.6 Å². The molecule has 0 amide bonds. The van der Waals surface area contributed by atoms with Gasteiger partial charge in [-0.1, -0.05) is 0 Å². The highest BCUT2D eigenvalue weighted by molar-refractivity contribution is 5.55. The van der Waals surface area contributed by atoms with Gasteiger partial charge >= 0.3 is 0 Å². The van der Waals surface area contributed by atoms with Crippen LogP contribution in [-0.4, -0.2) is 29.7 Å². The number of nitro benzene ring substituents is 1. The van der Waals surface area contributed by atoms with Crippen LogP contribution in [-0.2, 0) is 0 Å². The van der Waals surface area contributed by atoms with Gasteiger partial charge in [-0.15, -0.1) is 0 Å². The first-order chi connectivity index (χ1) is 8.61. The Bertz CT molecular complexity index is 448. The molecule has 1 aliphatic heterocycles. The second-order valence-corrected chi connectivity index (χ2v) is 4.84. The second-order valence-electron chi connectivity index (χ2n) is 4.84. The fourth-order valence-corrected chi connectivity index (χ4v) is 2.53. The van der Waals surface area contributed by atoms with Crippen molar-refractivity contribution in [1.82, 2.24) is 0 Å². The number of nitrogens with zero attached hydrogens (tertiary/aromatic N) is 2. The third-order valence-corrected chi connectivity index (χ3v) is 3.57. The lowest BCUT2D eigenvalue weighted by Gasteiger charge is -2.19. The van der Waals surface area contributed by atoms with Gasteiger partial charge in [-0.05, 0) is 37.8 Å². The molecule has 0 aliphatic carbocycles. The molecule has 1 N–H and O–H groups in total. The van der Waals surface area contributed by atoms with E-state index in [4.69, 9.17) is 5.11 Å². The molecule has 1 fully saturated rings. The number of hydrogen-bond acceptors (Lipinski definition) is 4. The van der Waals surface area contributed by atoms with Crippen molar-refractivity contribution < 1.29 is 10.0 Å². The maximum atomic E-state index is 10.8. The molecule has 0 saturated carbocycles. The molecule has 18 heavy (non-hydrogen) atoms. The minimum absolute atomic E-state index is 0.171. The largest absolute Gasteiger partial charge is 0.396 e. The molecular formula is C13H18N2O3. The monoisotopic (exact) mass is 250 g/mol. The van der Waals surface area contributed by atoms with E-state index in [1.54, 1.807) is 13.0 Å². The lowest BCUT2D eigenvalue weighted by Crippen LogP contribution is -2.20. The number of anilines is 1. The predicted octanol–water partition coefficient (Wildman–Crippen LogP) is 2.11. The summed E-state index contributed by atoms with van der Waals surface area (Å²) in [4.78, 5) is 12.6. The number of hydrogen-bond donors (Lipinski definition) is 1. The van der Waals surface area contributed by atoms with Crippen LogP contribution in [0.1, 0.15) is 18.4 Å². The summed E-state index contributed by atoms with van der Waals surface area (Å²) in [6.07, 6.45) is 1.92. The quantitative estimate of drug-likeness (QED) is 0.656. The number of rotatable bonds is 4. The summed E-state index contributed by atoms with van der Waals surface area (Å²) in [6, 6.07) is 5.26. The summed E-state index contributed by atoms with van der Waals surface area (Å²) in [6.45, 7) is 3.89. The molecule has 0 bridgehead atoms. The Labute approximate surface area is 106 Å². The molecule has 1 heterocycles. The van der Waals surface area contributed by atoms with Gasteiger partial charge in [-0.3, -0.25) is 10.1 Å². The van der Waals surface area contributed by atoms with Crippen molar-refractivity contribution in [2.24, 2.45) is 5.92 Å². The van der Waals surface area contributed by atoms with Crippen LogP contribution in [0.4, 0.5) is 11.4 Å². The van der Waals surface area contributed by atoms with E-state index < -0.39 is 0 Å².